The van der Waals surface area contributed by atoms with E-state index in [1.807, 2.05) is 0 Å². The fourth-order valence-electron chi connectivity index (χ4n) is 1.17. The summed E-state index contributed by atoms with van der Waals surface area (Å²) in [5.41, 5.74) is 0. The third-order valence-corrected chi connectivity index (χ3v) is 2.10. The number of hydrogen-bond donors (Lipinski definition) is 3. The van der Waals surface area contributed by atoms with Crippen molar-refractivity contribution in [2.75, 3.05) is 6.61 Å². The SMILES string of the molecule is C[C@H]1C(O)O[C@H](CO)C[C@@H]1O. The molecular formula is C7H14O4. The largest absolute Gasteiger partial charge is 0.394 e. The molecule has 0 aliphatic carbocycles. The van der Waals surface area contributed by atoms with Crippen LogP contribution in [0, 0.1) is 5.92 Å². The Morgan fingerprint density at radius 2 is 2.09 bits per heavy atom. The van der Waals surface area contributed by atoms with Crippen LogP contribution in [0.2, 0.25) is 0 Å². The third-order valence-electron chi connectivity index (χ3n) is 2.10. The molecule has 66 valence electrons. The van der Waals surface area contributed by atoms with Crippen LogP contribution in [0.15, 0.2) is 0 Å². The molecule has 4 atom stereocenters. The minimum Gasteiger partial charge on any atom is -0.394 e. The average Bonchev–Trinajstić information content (AvgIpc) is 1.99. The highest BCUT2D eigenvalue weighted by Crippen LogP contribution is 2.23. The molecule has 1 saturated heterocycles. The zero-order chi connectivity index (χ0) is 8.43. The Balaban J connectivity index is 2.47. The fourth-order valence-corrected chi connectivity index (χ4v) is 1.17. The summed E-state index contributed by atoms with van der Waals surface area (Å²) in [5, 5.41) is 27.1. The Morgan fingerprint density at radius 1 is 1.45 bits per heavy atom. The lowest BCUT2D eigenvalue weighted by Gasteiger charge is -2.34. The molecule has 1 rings (SSSR count). The second kappa shape index (κ2) is 3.49. The van der Waals surface area contributed by atoms with Crippen LogP contribution in [0.1, 0.15) is 13.3 Å². The summed E-state index contributed by atoms with van der Waals surface area (Å²) in [7, 11) is 0. The second-order valence-electron chi connectivity index (χ2n) is 2.99. The van der Waals surface area contributed by atoms with Crippen molar-refractivity contribution in [3.8, 4) is 0 Å². The van der Waals surface area contributed by atoms with Crippen LogP contribution in [0.5, 0.6) is 0 Å². The van der Waals surface area contributed by atoms with Gasteiger partial charge in [-0.1, -0.05) is 6.92 Å². The van der Waals surface area contributed by atoms with E-state index in [9.17, 15) is 5.11 Å². The van der Waals surface area contributed by atoms with E-state index in [1.165, 1.54) is 0 Å². The van der Waals surface area contributed by atoms with Gasteiger partial charge in [0.15, 0.2) is 6.29 Å². The summed E-state index contributed by atoms with van der Waals surface area (Å²) in [4.78, 5) is 0. The van der Waals surface area contributed by atoms with E-state index in [0.717, 1.165) is 0 Å². The summed E-state index contributed by atoms with van der Waals surface area (Å²) < 4.78 is 4.96. The Hall–Kier alpha value is -0.160. The zero-order valence-electron chi connectivity index (χ0n) is 6.47. The molecule has 0 aromatic rings. The molecule has 0 radical (unpaired) electrons. The Morgan fingerprint density at radius 3 is 2.55 bits per heavy atom. The normalized spacial score (nSPS) is 45.8. The van der Waals surface area contributed by atoms with E-state index in [-0.39, 0.29) is 12.5 Å². The van der Waals surface area contributed by atoms with Crippen molar-refractivity contribution in [3.63, 3.8) is 0 Å². The van der Waals surface area contributed by atoms with Gasteiger partial charge >= 0.3 is 0 Å². The van der Waals surface area contributed by atoms with Crippen LogP contribution in [0.3, 0.4) is 0 Å². The molecule has 4 nitrogen and oxygen atoms in total. The summed E-state index contributed by atoms with van der Waals surface area (Å²) >= 11 is 0. The van der Waals surface area contributed by atoms with Crippen LogP contribution >= 0.6 is 0 Å². The maximum Gasteiger partial charge on any atom is 0.160 e. The smallest absolute Gasteiger partial charge is 0.160 e. The summed E-state index contributed by atoms with van der Waals surface area (Å²) in [6.07, 6.45) is -1.54. The number of rotatable bonds is 1. The molecule has 0 saturated carbocycles. The van der Waals surface area contributed by atoms with Gasteiger partial charge in [-0.25, -0.2) is 0 Å². The van der Waals surface area contributed by atoms with Gasteiger partial charge in [0.1, 0.15) is 0 Å². The molecule has 0 bridgehead atoms. The van der Waals surface area contributed by atoms with Crippen LogP contribution in [-0.4, -0.2) is 40.4 Å². The van der Waals surface area contributed by atoms with Crippen LogP contribution in [-0.2, 0) is 4.74 Å². The van der Waals surface area contributed by atoms with Crippen molar-refractivity contribution in [1.82, 2.24) is 0 Å². The third kappa shape index (κ3) is 1.90. The van der Waals surface area contributed by atoms with E-state index < -0.39 is 18.5 Å². The molecular weight excluding hydrogens is 148 g/mol. The van der Waals surface area contributed by atoms with E-state index in [0.29, 0.717) is 6.42 Å². The molecule has 0 aromatic heterocycles. The maximum absolute atomic E-state index is 9.30. The summed E-state index contributed by atoms with van der Waals surface area (Å²) in [5.74, 6) is -0.266. The van der Waals surface area contributed by atoms with Gasteiger partial charge in [0.25, 0.3) is 0 Å². The highest BCUT2D eigenvalue weighted by atomic mass is 16.6. The Kier molecular flexibility index (Phi) is 2.84. The molecule has 1 aliphatic heterocycles. The van der Waals surface area contributed by atoms with E-state index in [1.54, 1.807) is 6.92 Å². The first-order chi connectivity index (χ1) is 5.15. The minimum atomic E-state index is -0.948. The quantitative estimate of drug-likeness (QED) is 0.466. The first-order valence-corrected chi connectivity index (χ1v) is 3.77. The van der Waals surface area contributed by atoms with Crippen LogP contribution < -0.4 is 0 Å². The molecule has 3 N–H and O–H groups in total. The molecule has 0 amide bonds. The van der Waals surface area contributed by atoms with Gasteiger partial charge in [0.05, 0.1) is 18.8 Å². The van der Waals surface area contributed by atoms with Gasteiger partial charge in [-0.2, -0.15) is 0 Å². The number of ether oxygens (including phenoxy) is 1. The average molecular weight is 162 g/mol. The van der Waals surface area contributed by atoms with Gasteiger partial charge in [-0.15, -0.1) is 0 Å². The number of hydrogen-bond acceptors (Lipinski definition) is 4. The summed E-state index contributed by atoms with van der Waals surface area (Å²) in [6, 6.07) is 0. The predicted octanol–water partition coefficient (Wildman–Crippen LogP) is -0.917. The van der Waals surface area contributed by atoms with Crippen LogP contribution in [0.4, 0.5) is 0 Å². The van der Waals surface area contributed by atoms with Gasteiger partial charge in [0, 0.05) is 12.3 Å². The van der Waals surface area contributed by atoms with E-state index in [2.05, 4.69) is 0 Å². The topological polar surface area (TPSA) is 69.9 Å². The Labute approximate surface area is 65.4 Å². The van der Waals surface area contributed by atoms with Crippen LogP contribution in [0.25, 0.3) is 0 Å². The molecule has 0 spiro atoms. The first-order valence-electron chi connectivity index (χ1n) is 3.77. The van der Waals surface area contributed by atoms with E-state index >= 15 is 0 Å². The minimum absolute atomic E-state index is 0.152. The van der Waals surface area contributed by atoms with E-state index in [4.69, 9.17) is 14.9 Å². The van der Waals surface area contributed by atoms with Gasteiger partial charge in [-0.05, 0) is 0 Å². The molecule has 1 aliphatic rings. The predicted molar refractivity (Wildman–Crippen MR) is 37.8 cm³/mol. The standard InChI is InChI=1S/C7H14O4/c1-4-6(9)2-5(3-8)11-7(4)10/h4-10H,2-3H2,1H3/t4-,5+,6+,7?/m1/s1. The zero-order valence-corrected chi connectivity index (χ0v) is 6.47. The van der Waals surface area contributed by atoms with Crippen molar-refractivity contribution in [3.05, 3.63) is 0 Å². The molecule has 1 heterocycles. The summed E-state index contributed by atoms with van der Waals surface area (Å²) in [6.45, 7) is 1.56. The monoisotopic (exact) mass is 162 g/mol. The highest BCUT2D eigenvalue weighted by molar-refractivity contribution is 4.77. The first kappa shape index (κ1) is 8.93. The van der Waals surface area contributed by atoms with Crippen molar-refractivity contribution in [2.45, 2.75) is 31.8 Å². The lowest BCUT2D eigenvalue weighted by Crippen LogP contribution is -2.43. The van der Waals surface area contributed by atoms with Gasteiger partial charge in [0.2, 0.25) is 0 Å². The second-order valence-corrected chi connectivity index (χ2v) is 2.99. The lowest BCUT2D eigenvalue weighted by atomic mass is 9.95. The molecule has 1 unspecified atom stereocenters. The van der Waals surface area contributed by atoms with Crippen molar-refractivity contribution in [2.24, 2.45) is 5.92 Å². The maximum atomic E-state index is 9.30. The van der Waals surface area contributed by atoms with Crippen molar-refractivity contribution >= 4 is 0 Å². The highest BCUT2D eigenvalue weighted by Gasteiger charge is 2.33. The molecule has 11 heavy (non-hydrogen) atoms. The van der Waals surface area contributed by atoms with Gasteiger partial charge in [-0.3, -0.25) is 0 Å². The fraction of sp³-hybridized carbons (Fsp3) is 1.00. The molecule has 4 heteroatoms. The number of aliphatic hydroxyl groups excluding tert-OH is 3. The molecule has 0 aromatic carbocycles. The Bertz CT molecular complexity index is 116. The van der Waals surface area contributed by atoms with Crippen molar-refractivity contribution in [1.29, 1.82) is 0 Å². The van der Waals surface area contributed by atoms with Gasteiger partial charge < -0.3 is 20.1 Å². The lowest BCUT2D eigenvalue weighted by molar-refractivity contribution is -0.226. The molecule has 1 fully saturated rings. The number of aliphatic hydroxyl groups is 3. The van der Waals surface area contributed by atoms with Crippen molar-refractivity contribution < 1.29 is 20.1 Å².